The van der Waals surface area contributed by atoms with Crippen LogP contribution in [0.25, 0.3) is 21.7 Å². The van der Waals surface area contributed by atoms with Gasteiger partial charge in [-0.15, -0.1) is 0 Å². The largest absolute Gasteiger partial charge is 0.496 e. The minimum Gasteiger partial charge on any atom is -0.496 e. The van der Waals surface area contributed by atoms with Crippen molar-refractivity contribution in [3.63, 3.8) is 0 Å². The van der Waals surface area contributed by atoms with Crippen LogP contribution in [0, 0.1) is 6.92 Å². The number of nitrogens with zero attached hydrogens (tertiary/aromatic N) is 1. The van der Waals surface area contributed by atoms with Crippen LogP contribution in [0.15, 0.2) is 60.7 Å². The summed E-state index contributed by atoms with van der Waals surface area (Å²) in [7, 11) is 1.69. The minimum atomic E-state index is -1.61. The molecule has 5 rings (SSSR count). The average molecular weight is 517 g/mol. The summed E-state index contributed by atoms with van der Waals surface area (Å²) >= 11 is 0. The molecule has 0 bridgehead atoms. The number of methoxy groups -OCH3 is 1. The van der Waals surface area contributed by atoms with Gasteiger partial charge in [-0.3, -0.25) is 4.90 Å². The second-order valence-electron chi connectivity index (χ2n) is 9.83. The molecule has 1 atom stereocenters. The Labute approximate surface area is 221 Å². The number of nitrogens with one attached hydrogen (secondary N) is 1. The molecule has 0 amide bonds. The molecule has 0 radical (unpaired) electrons. The molecule has 8 heteroatoms. The number of piperidine rings is 1. The average Bonchev–Trinajstić information content (AvgIpc) is 3.32. The summed E-state index contributed by atoms with van der Waals surface area (Å²) in [5.74, 6) is -0.937. The predicted octanol–water partition coefficient (Wildman–Crippen LogP) is 4.89. The van der Waals surface area contributed by atoms with Gasteiger partial charge in [0, 0.05) is 28.5 Å². The number of rotatable bonds is 8. The smallest absolute Gasteiger partial charge is 0.417 e. The summed E-state index contributed by atoms with van der Waals surface area (Å²) in [6, 6.07) is 20.3. The van der Waals surface area contributed by atoms with E-state index in [1.165, 1.54) is 5.56 Å². The van der Waals surface area contributed by atoms with Crippen LogP contribution in [0.5, 0.6) is 11.5 Å². The lowest BCUT2D eigenvalue weighted by molar-refractivity contribution is -0.169. The molecule has 0 aliphatic carbocycles. The zero-order valence-electron chi connectivity index (χ0n) is 21.6. The number of aliphatic carboxylic acids is 1. The van der Waals surface area contributed by atoms with Crippen molar-refractivity contribution in [1.82, 2.24) is 9.88 Å². The maximum Gasteiger partial charge on any atom is 0.417 e. The number of carbonyl (C=O) groups is 2. The van der Waals surface area contributed by atoms with Crippen LogP contribution in [-0.2, 0) is 14.3 Å². The van der Waals surface area contributed by atoms with Crippen LogP contribution in [0.3, 0.4) is 0 Å². The topological polar surface area (TPSA) is 101 Å². The highest BCUT2D eigenvalue weighted by molar-refractivity contribution is 6.28. The quantitative estimate of drug-likeness (QED) is 0.254. The van der Waals surface area contributed by atoms with E-state index in [1.807, 2.05) is 43.3 Å². The summed E-state index contributed by atoms with van der Waals surface area (Å²) in [5.41, 5.74) is 3.25. The van der Waals surface area contributed by atoms with Crippen molar-refractivity contribution in [2.24, 2.45) is 0 Å². The third-order valence-electron chi connectivity index (χ3n) is 7.24. The van der Waals surface area contributed by atoms with Crippen LogP contribution in [0.2, 0.25) is 0 Å². The molecule has 0 unspecified atom stereocenters. The Morgan fingerprint density at radius 2 is 1.79 bits per heavy atom. The Bertz CT molecular complexity index is 1450. The molecule has 38 heavy (non-hydrogen) atoms. The number of carboxylic acid groups (broad SMARTS) is 1. The molecule has 1 fully saturated rings. The lowest BCUT2D eigenvalue weighted by Crippen LogP contribution is -2.43. The highest BCUT2D eigenvalue weighted by Gasteiger charge is 2.27. The number of carbonyl (C=O) groups excluding carboxylic acids is 1. The number of H-pyrrole nitrogens is 1. The van der Waals surface area contributed by atoms with E-state index in [4.69, 9.17) is 19.3 Å². The Morgan fingerprint density at radius 1 is 1.03 bits per heavy atom. The standard InChI is InChI=1S/C30H32N2O6/c1-19-15-25-26(31-19)6-4-8-28(25)37-18-23(38-30(35)29(33)34)17-32-13-11-20(12-14-32)22-10-9-21-5-3-7-27(36-2)24(21)16-22/h3-10,15-16,20,23,31H,11-14,17-18H2,1-2H3,(H,33,34)/t23-/m0/s1. The first-order valence-corrected chi connectivity index (χ1v) is 12.9. The van der Waals surface area contributed by atoms with E-state index in [0.717, 1.165) is 59.0 Å². The lowest BCUT2D eigenvalue weighted by atomic mass is 9.88. The van der Waals surface area contributed by atoms with E-state index in [2.05, 4.69) is 34.1 Å². The highest BCUT2D eigenvalue weighted by atomic mass is 16.6. The van der Waals surface area contributed by atoms with Gasteiger partial charge in [0.25, 0.3) is 0 Å². The molecule has 0 saturated carbocycles. The number of benzene rings is 3. The van der Waals surface area contributed by atoms with Crippen molar-refractivity contribution in [1.29, 1.82) is 0 Å². The minimum absolute atomic E-state index is 0.0623. The fourth-order valence-corrected chi connectivity index (χ4v) is 5.33. The molecule has 4 aromatic rings. The summed E-state index contributed by atoms with van der Waals surface area (Å²) in [4.78, 5) is 28.6. The number of fused-ring (bicyclic) bond motifs is 2. The Balaban J connectivity index is 1.24. The number of likely N-dealkylation sites (tertiary alicyclic amines) is 1. The molecule has 1 aliphatic rings. The molecule has 1 saturated heterocycles. The van der Waals surface area contributed by atoms with E-state index in [1.54, 1.807) is 7.11 Å². The van der Waals surface area contributed by atoms with Gasteiger partial charge in [0.1, 0.15) is 24.2 Å². The van der Waals surface area contributed by atoms with E-state index in [9.17, 15) is 9.59 Å². The molecular formula is C30H32N2O6. The second kappa shape index (κ2) is 11.1. The van der Waals surface area contributed by atoms with Gasteiger partial charge in [-0.1, -0.05) is 30.3 Å². The molecule has 3 aromatic carbocycles. The monoisotopic (exact) mass is 516 g/mol. The molecule has 1 aliphatic heterocycles. The maximum absolute atomic E-state index is 11.9. The van der Waals surface area contributed by atoms with Crippen molar-refractivity contribution in [2.75, 3.05) is 33.4 Å². The van der Waals surface area contributed by atoms with E-state index < -0.39 is 18.0 Å². The fraction of sp³-hybridized carbons (Fsp3) is 0.333. The van der Waals surface area contributed by atoms with Crippen molar-refractivity contribution < 1.29 is 28.9 Å². The molecular weight excluding hydrogens is 484 g/mol. The normalized spacial score (nSPS) is 15.4. The molecule has 8 nitrogen and oxygen atoms in total. The van der Waals surface area contributed by atoms with Crippen LogP contribution in [0.4, 0.5) is 0 Å². The Kier molecular flexibility index (Phi) is 7.51. The Hall–Kier alpha value is -4.04. The number of esters is 1. The molecule has 2 N–H and O–H groups in total. The third-order valence-corrected chi connectivity index (χ3v) is 7.24. The molecule has 2 heterocycles. The molecule has 0 spiro atoms. The predicted molar refractivity (Wildman–Crippen MR) is 145 cm³/mol. The number of aromatic amines is 1. The number of aryl methyl sites for hydroxylation is 1. The highest BCUT2D eigenvalue weighted by Crippen LogP contribution is 2.33. The van der Waals surface area contributed by atoms with Gasteiger partial charge in [0.05, 0.1) is 7.11 Å². The first-order valence-electron chi connectivity index (χ1n) is 12.9. The van der Waals surface area contributed by atoms with Gasteiger partial charge >= 0.3 is 11.9 Å². The van der Waals surface area contributed by atoms with Gasteiger partial charge in [0.2, 0.25) is 0 Å². The number of carboxylic acids is 1. The lowest BCUT2D eigenvalue weighted by Gasteiger charge is -2.34. The number of hydrogen-bond donors (Lipinski definition) is 2. The summed E-state index contributed by atoms with van der Waals surface area (Å²) < 4.78 is 16.9. The van der Waals surface area contributed by atoms with Crippen molar-refractivity contribution >= 4 is 33.6 Å². The molecule has 1 aromatic heterocycles. The van der Waals surface area contributed by atoms with Crippen LogP contribution in [-0.4, -0.2) is 66.4 Å². The zero-order chi connectivity index (χ0) is 26.6. The first-order chi connectivity index (χ1) is 18.4. The van der Waals surface area contributed by atoms with Crippen LogP contribution >= 0.6 is 0 Å². The van der Waals surface area contributed by atoms with E-state index in [-0.39, 0.29) is 6.61 Å². The van der Waals surface area contributed by atoms with Gasteiger partial charge in [0.15, 0.2) is 0 Å². The zero-order valence-corrected chi connectivity index (χ0v) is 21.6. The van der Waals surface area contributed by atoms with Crippen molar-refractivity contribution in [3.8, 4) is 11.5 Å². The van der Waals surface area contributed by atoms with Gasteiger partial charge < -0.3 is 24.3 Å². The van der Waals surface area contributed by atoms with Gasteiger partial charge in [-0.05, 0) is 80.1 Å². The SMILES string of the molecule is COc1cccc2ccc(C3CCN(C[C@@H](COc4cccc5[nH]c(C)cc45)OC(=O)C(=O)O)CC3)cc12. The molecule has 198 valence electrons. The fourth-order valence-electron chi connectivity index (χ4n) is 5.33. The number of aromatic nitrogens is 1. The number of hydrogen-bond acceptors (Lipinski definition) is 6. The van der Waals surface area contributed by atoms with E-state index >= 15 is 0 Å². The second-order valence-corrected chi connectivity index (χ2v) is 9.83. The van der Waals surface area contributed by atoms with Crippen molar-refractivity contribution in [3.05, 3.63) is 71.9 Å². The maximum atomic E-state index is 11.9. The Morgan fingerprint density at radius 3 is 2.55 bits per heavy atom. The third kappa shape index (κ3) is 5.60. The van der Waals surface area contributed by atoms with Gasteiger partial charge in [-0.25, -0.2) is 9.59 Å². The summed E-state index contributed by atoms with van der Waals surface area (Å²) in [6.07, 6.45) is 1.18. The van der Waals surface area contributed by atoms with Crippen LogP contribution < -0.4 is 9.47 Å². The van der Waals surface area contributed by atoms with E-state index in [0.29, 0.717) is 18.2 Å². The number of ether oxygens (including phenoxy) is 3. The van der Waals surface area contributed by atoms with Crippen LogP contribution in [0.1, 0.15) is 30.0 Å². The first kappa shape index (κ1) is 25.6. The van der Waals surface area contributed by atoms with Crippen molar-refractivity contribution in [2.45, 2.75) is 31.8 Å². The summed E-state index contributed by atoms with van der Waals surface area (Å²) in [5, 5.41) is 12.3. The van der Waals surface area contributed by atoms with Gasteiger partial charge in [-0.2, -0.15) is 0 Å². The summed E-state index contributed by atoms with van der Waals surface area (Å²) in [6.45, 7) is 4.05.